The van der Waals surface area contributed by atoms with E-state index in [1.807, 2.05) is 6.07 Å². The molecule has 0 unspecified atom stereocenters. The Morgan fingerprint density at radius 1 is 1.56 bits per heavy atom. The highest BCUT2D eigenvalue weighted by atomic mass is 79.9. The molecule has 16 heavy (non-hydrogen) atoms. The largest absolute Gasteiger partial charge is 0.344 e. The molecule has 2 aromatic rings. The van der Waals surface area contributed by atoms with Gasteiger partial charge in [-0.15, -0.1) is 0 Å². The molecule has 0 amide bonds. The standard InChI is InChI=1S/C9H5BrN4OS/c10-7-2-1-5(4-12-7)13-9-6(3-11)8(15)14-16-9/h1-2,4,13H,(H,14,15). The van der Waals surface area contributed by atoms with Gasteiger partial charge < -0.3 is 5.32 Å². The van der Waals surface area contributed by atoms with Crippen molar-refractivity contribution in [2.75, 3.05) is 5.32 Å². The first kappa shape index (κ1) is 10.9. The average molecular weight is 297 g/mol. The predicted molar refractivity (Wildman–Crippen MR) is 64.9 cm³/mol. The number of aromatic nitrogens is 2. The molecule has 5 nitrogen and oxygen atoms in total. The van der Waals surface area contributed by atoms with Crippen molar-refractivity contribution in [1.82, 2.24) is 9.36 Å². The highest BCUT2D eigenvalue weighted by Gasteiger charge is 2.09. The second kappa shape index (κ2) is 4.47. The first-order valence-electron chi connectivity index (χ1n) is 4.21. The third kappa shape index (κ3) is 2.13. The number of aromatic amines is 1. The first-order valence-corrected chi connectivity index (χ1v) is 5.82. The van der Waals surface area contributed by atoms with Crippen molar-refractivity contribution in [3.63, 3.8) is 0 Å². The van der Waals surface area contributed by atoms with Gasteiger partial charge in [0, 0.05) is 0 Å². The van der Waals surface area contributed by atoms with E-state index in [0.717, 1.165) is 21.8 Å². The van der Waals surface area contributed by atoms with Gasteiger partial charge in [-0.05, 0) is 39.6 Å². The number of nitriles is 1. The van der Waals surface area contributed by atoms with Crippen LogP contribution >= 0.6 is 27.5 Å². The quantitative estimate of drug-likeness (QED) is 0.833. The Hall–Kier alpha value is -1.65. The van der Waals surface area contributed by atoms with Gasteiger partial charge >= 0.3 is 0 Å². The van der Waals surface area contributed by atoms with Crippen LogP contribution in [0.5, 0.6) is 0 Å². The van der Waals surface area contributed by atoms with Crippen molar-refractivity contribution >= 4 is 38.2 Å². The maximum Gasteiger partial charge on any atom is 0.278 e. The van der Waals surface area contributed by atoms with Gasteiger partial charge in [0.2, 0.25) is 0 Å². The van der Waals surface area contributed by atoms with Crippen LogP contribution in [0.1, 0.15) is 5.56 Å². The summed E-state index contributed by atoms with van der Waals surface area (Å²) in [6.45, 7) is 0. The zero-order valence-electron chi connectivity index (χ0n) is 7.82. The van der Waals surface area contributed by atoms with Crippen LogP contribution in [0.4, 0.5) is 10.7 Å². The second-order valence-corrected chi connectivity index (χ2v) is 4.47. The molecular weight excluding hydrogens is 292 g/mol. The number of nitrogens with zero attached hydrogens (tertiary/aromatic N) is 2. The lowest BCUT2D eigenvalue weighted by atomic mass is 10.3. The van der Waals surface area contributed by atoms with Gasteiger partial charge in [-0.1, -0.05) is 0 Å². The Balaban J connectivity index is 2.31. The van der Waals surface area contributed by atoms with Crippen LogP contribution in [0, 0.1) is 11.3 Å². The summed E-state index contributed by atoms with van der Waals surface area (Å²) in [5.74, 6) is 0. The summed E-state index contributed by atoms with van der Waals surface area (Å²) in [5.41, 5.74) is 0.433. The minimum absolute atomic E-state index is 0.0907. The normalized spacial score (nSPS) is 9.75. The van der Waals surface area contributed by atoms with Gasteiger partial charge in [0.05, 0.1) is 11.9 Å². The fourth-order valence-electron chi connectivity index (χ4n) is 1.07. The average Bonchev–Trinajstić information content (AvgIpc) is 2.63. The van der Waals surface area contributed by atoms with Crippen molar-refractivity contribution in [2.24, 2.45) is 0 Å². The number of nitrogens with one attached hydrogen (secondary N) is 2. The Morgan fingerprint density at radius 3 is 3.00 bits per heavy atom. The zero-order valence-corrected chi connectivity index (χ0v) is 10.2. The van der Waals surface area contributed by atoms with Gasteiger partial charge in [-0.2, -0.15) is 5.26 Å². The molecule has 0 radical (unpaired) electrons. The molecule has 2 heterocycles. The van der Waals surface area contributed by atoms with E-state index >= 15 is 0 Å². The fourth-order valence-corrected chi connectivity index (χ4v) is 2.01. The van der Waals surface area contributed by atoms with E-state index in [9.17, 15) is 4.79 Å². The van der Waals surface area contributed by atoms with Crippen LogP contribution in [0.3, 0.4) is 0 Å². The van der Waals surface area contributed by atoms with Gasteiger partial charge in [-0.25, -0.2) is 4.98 Å². The summed E-state index contributed by atoms with van der Waals surface area (Å²) in [7, 11) is 0. The SMILES string of the molecule is N#Cc1c(Nc2ccc(Br)nc2)s[nH]c1=O. The van der Waals surface area contributed by atoms with Gasteiger partial charge in [0.15, 0.2) is 5.56 Å². The van der Waals surface area contributed by atoms with E-state index in [1.54, 1.807) is 18.3 Å². The minimum Gasteiger partial charge on any atom is -0.344 e. The van der Waals surface area contributed by atoms with Crippen molar-refractivity contribution in [2.45, 2.75) is 0 Å². The highest BCUT2D eigenvalue weighted by Crippen LogP contribution is 2.21. The summed E-state index contributed by atoms with van der Waals surface area (Å²) in [6.07, 6.45) is 1.61. The van der Waals surface area contributed by atoms with Gasteiger partial charge in [0.25, 0.3) is 5.56 Å². The lowest BCUT2D eigenvalue weighted by Crippen LogP contribution is -2.02. The van der Waals surface area contributed by atoms with E-state index in [0.29, 0.717) is 5.00 Å². The predicted octanol–water partition coefficient (Wildman–Crippen LogP) is 2.21. The molecule has 0 bridgehead atoms. The monoisotopic (exact) mass is 296 g/mol. The summed E-state index contributed by atoms with van der Waals surface area (Å²) < 4.78 is 3.21. The Bertz CT molecular complexity index is 595. The van der Waals surface area contributed by atoms with Crippen LogP contribution in [-0.2, 0) is 0 Å². The number of halogens is 1. The number of anilines is 2. The van der Waals surface area contributed by atoms with Crippen LogP contribution in [0.15, 0.2) is 27.7 Å². The van der Waals surface area contributed by atoms with Crippen molar-refractivity contribution in [3.05, 3.63) is 38.9 Å². The Kier molecular flexibility index (Phi) is 3.03. The molecular formula is C9H5BrN4OS. The van der Waals surface area contributed by atoms with Crippen molar-refractivity contribution < 1.29 is 0 Å². The van der Waals surface area contributed by atoms with E-state index in [-0.39, 0.29) is 11.1 Å². The summed E-state index contributed by atoms with van der Waals surface area (Å²) in [6, 6.07) is 5.41. The summed E-state index contributed by atoms with van der Waals surface area (Å²) in [4.78, 5) is 15.2. The second-order valence-electron chi connectivity index (χ2n) is 2.84. The number of pyridine rings is 1. The molecule has 7 heteroatoms. The molecule has 0 fully saturated rings. The topological polar surface area (TPSA) is 81.6 Å². The maximum absolute atomic E-state index is 11.2. The molecule has 0 saturated heterocycles. The maximum atomic E-state index is 11.2. The molecule has 0 aliphatic heterocycles. The molecule has 0 atom stereocenters. The van der Waals surface area contributed by atoms with Crippen molar-refractivity contribution in [3.8, 4) is 6.07 Å². The molecule has 2 aromatic heterocycles. The number of H-pyrrole nitrogens is 1. The smallest absolute Gasteiger partial charge is 0.278 e. The molecule has 0 aliphatic rings. The van der Waals surface area contributed by atoms with Crippen LogP contribution in [-0.4, -0.2) is 9.36 Å². The molecule has 0 saturated carbocycles. The molecule has 2 N–H and O–H groups in total. The molecule has 0 spiro atoms. The van der Waals surface area contributed by atoms with Crippen LogP contribution < -0.4 is 10.9 Å². The number of rotatable bonds is 2. The summed E-state index contributed by atoms with van der Waals surface area (Å²) >= 11 is 4.31. The van der Waals surface area contributed by atoms with E-state index < -0.39 is 0 Å². The fraction of sp³-hybridized carbons (Fsp3) is 0. The Labute approximate surface area is 103 Å². The molecule has 0 aromatic carbocycles. The lowest BCUT2D eigenvalue weighted by Gasteiger charge is -2.01. The molecule has 2 rings (SSSR count). The van der Waals surface area contributed by atoms with E-state index in [2.05, 4.69) is 30.6 Å². The molecule has 80 valence electrons. The van der Waals surface area contributed by atoms with Crippen molar-refractivity contribution in [1.29, 1.82) is 5.26 Å². The zero-order chi connectivity index (χ0) is 11.5. The van der Waals surface area contributed by atoms with Crippen LogP contribution in [0.2, 0.25) is 0 Å². The van der Waals surface area contributed by atoms with E-state index in [4.69, 9.17) is 5.26 Å². The van der Waals surface area contributed by atoms with Gasteiger partial charge in [-0.3, -0.25) is 9.17 Å². The lowest BCUT2D eigenvalue weighted by molar-refractivity contribution is 1.27. The summed E-state index contributed by atoms with van der Waals surface area (Å²) in [5, 5.41) is 12.2. The number of hydrogen-bond donors (Lipinski definition) is 2. The molecule has 0 aliphatic carbocycles. The van der Waals surface area contributed by atoms with Crippen LogP contribution in [0.25, 0.3) is 0 Å². The van der Waals surface area contributed by atoms with Gasteiger partial charge in [0.1, 0.15) is 15.7 Å². The Morgan fingerprint density at radius 2 is 2.38 bits per heavy atom. The highest BCUT2D eigenvalue weighted by molar-refractivity contribution is 9.10. The first-order chi connectivity index (χ1) is 7.70. The number of hydrogen-bond acceptors (Lipinski definition) is 5. The minimum atomic E-state index is -0.375. The van der Waals surface area contributed by atoms with E-state index in [1.165, 1.54) is 0 Å². The third-order valence-electron chi connectivity index (χ3n) is 1.80. The third-order valence-corrected chi connectivity index (χ3v) is 3.06.